The summed E-state index contributed by atoms with van der Waals surface area (Å²) >= 11 is -5.02. The normalized spacial score (nSPS) is 14.3. The van der Waals surface area contributed by atoms with Crippen LogP contribution in [-0.4, -0.2) is 21.8 Å². The third kappa shape index (κ3) is 5.06. The van der Waals surface area contributed by atoms with E-state index in [9.17, 15) is 9.59 Å². The van der Waals surface area contributed by atoms with Crippen molar-refractivity contribution in [2.24, 2.45) is 0 Å². The van der Waals surface area contributed by atoms with Gasteiger partial charge in [0.2, 0.25) is 0 Å². The van der Waals surface area contributed by atoms with E-state index in [1.807, 2.05) is 48.5 Å². The summed E-state index contributed by atoms with van der Waals surface area (Å²) in [4.78, 5) is 28.5. The molecule has 0 N–H and O–H groups in total. The van der Waals surface area contributed by atoms with Gasteiger partial charge in [0.1, 0.15) is 0 Å². The molecular weight excluding hydrogens is 894 g/mol. The fraction of sp³-hybridized carbons (Fsp3) is 0.0417. The SMILES string of the molecule is COc1ccc2cc(I3C(=O)c4ccccc4-c4ccccc43)ccc2c1-c1c(OC)ccc2cc(I3C(=O)c4ccccc4-c4ccccc43)ccc12. The molecule has 8 aromatic carbocycles. The Morgan fingerprint density at radius 3 is 1.17 bits per heavy atom. The Labute approximate surface area is 327 Å². The molecule has 2 aliphatic rings. The van der Waals surface area contributed by atoms with Crippen molar-refractivity contribution in [1.82, 2.24) is 0 Å². The number of benzene rings is 8. The van der Waals surface area contributed by atoms with E-state index in [2.05, 4.69) is 109 Å². The van der Waals surface area contributed by atoms with Crippen molar-refractivity contribution in [3.8, 4) is 44.9 Å². The Kier molecular flexibility index (Phi) is 8.14. The average molecular weight is 927 g/mol. The topological polar surface area (TPSA) is 52.6 Å². The van der Waals surface area contributed by atoms with Crippen LogP contribution in [0.2, 0.25) is 0 Å². The van der Waals surface area contributed by atoms with Crippen LogP contribution in [0.25, 0.3) is 54.9 Å². The van der Waals surface area contributed by atoms with Crippen molar-refractivity contribution in [3.05, 3.63) is 183 Å². The summed E-state index contributed by atoms with van der Waals surface area (Å²) in [5, 5.41) is 4.12. The molecule has 0 unspecified atom stereocenters. The first-order valence-electron chi connectivity index (χ1n) is 17.6. The van der Waals surface area contributed by atoms with Crippen LogP contribution in [0.4, 0.5) is 0 Å². The predicted molar refractivity (Wildman–Crippen MR) is 235 cm³/mol. The van der Waals surface area contributed by atoms with E-state index in [-0.39, 0.29) is 7.58 Å². The fourth-order valence-corrected chi connectivity index (χ4v) is 19.2. The van der Waals surface area contributed by atoms with E-state index < -0.39 is 39.6 Å². The van der Waals surface area contributed by atoms with Gasteiger partial charge < -0.3 is 0 Å². The van der Waals surface area contributed by atoms with Crippen molar-refractivity contribution in [2.75, 3.05) is 14.2 Å². The first-order valence-corrected chi connectivity index (χ1v) is 24.1. The van der Waals surface area contributed by atoms with E-state index in [4.69, 9.17) is 9.47 Å². The molecule has 6 heteroatoms. The Morgan fingerprint density at radius 2 is 0.759 bits per heavy atom. The molecule has 0 saturated heterocycles. The molecule has 0 spiro atoms. The Hall–Kier alpha value is -5.32. The van der Waals surface area contributed by atoms with Crippen molar-refractivity contribution in [3.63, 3.8) is 0 Å². The van der Waals surface area contributed by atoms with E-state index in [0.717, 1.165) is 73.6 Å². The maximum absolute atomic E-state index is 14.2. The van der Waals surface area contributed by atoms with Crippen LogP contribution in [-0.2, 0) is 0 Å². The molecule has 8 aromatic rings. The van der Waals surface area contributed by atoms with Gasteiger partial charge in [-0.25, -0.2) is 0 Å². The minimum absolute atomic E-state index is 0.264. The second kappa shape index (κ2) is 13.2. The standard InChI is InChI=1S/C48H32I2O4/c1-53-43-25-19-29-27-31(49-41-17-9-7-13-37(41)35-11-3-5-15-39(35)47(49)51)21-23-33(29)45(43)46-34-24-22-32(28-30(34)20-26-44(46)54-2)50-42-18-10-8-14-38(42)36-12-4-6-16-40(36)48(50)52/h3-28H,1-2H3. The zero-order valence-electron chi connectivity index (χ0n) is 29.4. The minimum atomic E-state index is -2.51. The van der Waals surface area contributed by atoms with Crippen molar-refractivity contribution in [1.29, 1.82) is 0 Å². The number of ether oxygens (including phenoxy) is 2. The van der Waals surface area contributed by atoms with Gasteiger partial charge in [0.05, 0.1) is 0 Å². The molecule has 54 heavy (non-hydrogen) atoms. The molecule has 2 aliphatic heterocycles. The molecule has 0 bridgehead atoms. The molecule has 0 aromatic heterocycles. The Balaban J connectivity index is 1.13. The third-order valence-corrected chi connectivity index (χ3v) is 21.5. The Morgan fingerprint density at radius 1 is 0.389 bits per heavy atom. The first kappa shape index (κ1) is 33.3. The molecule has 0 amide bonds. The first-order chi connectivity index (χ1) is 26.6. The zero-order valence-corrected chi connectivity index (χ0v) is 33.7. The van der Waals surface area contributed by atoms with Crippen molar-refractivity contribution < 1.29 is 19.1 Å². The molecule has 2 heterocycles. The quantitative estimate of drug-likeness (QED) is 0.127. The summed E-state index contributed by atoms with van der Waals surface area (Å²) in [7, 11) is 3.40. The number of rotatable bonds is 5. The third-order valence-electron chi connectivity index (χ3n) is 10.4. The van der Waals surface area contributed by atoms with E-state index >= 15 is 0 Å². The van der Waals surface area contributed by atoms with Gasteiger partial charge in [0.25, 0.3) is 0 Å². The van der Waals surface area contributed by atoms with Gasteiger partial charge in [-0.3, -0.25) is 0 Å². The Bertz CT molecular complexity index is 2680. The number of carbonyl (C=O) groups is 2. The number of fused-ring (bicyclic) bond motifs is 8. The second-order valence-corrected chi connectivity index (χ2v) is 23.2. The summed E-state index contributed by atoms with van der Waals surface area (Å²) < 4.78 is 17.2. The number of halogens is 2. The molecule has 0 saturated carbocycles. The second-order valence-electron chi connectivity index (χ2n) is 13.2. The van der Waals surface area contributed by atoms with Gasteiger partial charge in [-0.2, -0.15) is 0 Å². The van der Waals surface area contributed by atoms with Crippen LogP contribution in [0.1, 0.15) is 20.7 Å². The molecule has 4 nitrogen and oxygen atoms in total. The van der Waals surface area contributed by atoms with Crippen LogP contribution in [0.3, 0.4) is 0 Å². The summed E-state index contributed by atoms with van der Waals surface area (Å²) in [5.41, 5.74) is 7.90. The fourth-order valence-electron chi connectivity index (χ4n) is 7.94. The van der Waals surface area contributed by atoms with Gasteiger partial charge in [0.15, 0.2) is 0 Å². The van der Waals surface area contributed by atoms with Gasteiger partial charge in [-0.15, -0.1) is 0 Å². The maximum atomic E-state index is 14.2. The molecule has 0 fully saturated rings. The van der Waals surface area contributed by atoms with Crippen molar-refractivity contribution >= 4 is 68.8 Å². The molecule has 262 valence electrons. The van der Waals surface area contributed by atoms with E-state index in [1.54, 1.807) is 14.2 Å². The molecule has 0 atom stereocenters. The number of hydrogen-bond acceptors (Lipinski definition) is 4. The van der Waals surface area contributed by atoms with Gasteiger partial charge in [-0.1, -0.05) is 0 Å². The number of hydrogen-bond donors (Lipinski definition) is 0. The van der Waals surface area contributed by atoms with E-state index in [1.165, 1.54) is 18.3 Å². The zero-order chi connectivity index (χ0) is 36.5. The van der Waals surface area contributed by atoms with Gasteiger partial charge in [-0.05, 0) is 0 Å². The van der Waals surface area contributed by atoms with Gasteiger partial charge >= 0.3 is 330 Å². The molecule has 10 rings (SSSR count). The predicted octanol–water partition coefficient (Wildman–Crippen LogP) is 12.4. The monoisotopic (exact) mass is 926 g/mol. The number of carbonyl (C=O) groups excluding carboxylic acids is 2. The van der Waals surface area contributed by atoms with Crippen LogP contribution in [0.5, 0.6) is 11.5 Å². The van der Waals surface area contributed by atoms with Crippen LogP contribution in [0.15, 0.2) is 158 Å². The van der Waals surface area contributed by atoms with Crippen LogP contribution >= 0.6 is 39.6 Å². The summed E-state index contributed by atoms with van der Waals surface area (Å²) in [6, 6.07) is 54.2. The molecular formula is C48H32I2O4. The van der Waals surface area contributed by atoms with Crippen LogP contribution < -0.4 is 9.47 Å². The average Bonchev–Trinajstić information content (AvgIpc) is 3.23. The summed E-state index contributed by atoms with van der Waals surface area (Å²) in [6.45, 7) is 0. The summed E-state index contributed by atoms with van der Waals surface area (Å²) in [6.07, 6.45) is 0. The van der Waals surface area contributed by atoms with Crippen LogP contribution in [0, 0.1) is 14.3 Å². The molecule has 0 radical (unpaired) electrons. The van der Waals surface area contributed by atoms with Gasteiger partial charge in [0, 0.05) is 0 Å². The van der Waals surface area contributed by atoms with Crippen molar-refractivity contribution in [2.45, 2.75) is 0 Å². The summed E-state index contributed by atoms with van der Waals surface area (Å²) in [5.74, 6) is 1.47. The number of methoxy groups -OCH3 is 2. The molecule has 0 aliphatic carbocycles. The van der Waals surface area contributed by atoms with E-state index in [0.29, 0.717) is 0 Å².